The second kappa shape index (κ2) is 5.40. The summed E-state index contributed by atoms with van der Waals surface area (Å²) in [5, 5.41) is 8.76. The summed E-state index contributed by atoms with van der Waals surface area (Å²) in [7, 11) is -2.04. The summed E-state index contributed by atoms with van der Waals surface area (Å²) in [5.74, 6) is 0.244. The highest BCUT2D eigenvalue weighted by Crippen LogP contribution is 2.23. The van der Waals surface area contributed by atoms with Crippen LogP contribution in [0.15, 0.2) is 21.6 Å². The van der Waals surface area contributed by atoms with Crippen LogP contribution in [0.5, 0.6) is 0 Å². The summed E-state index contributed by atoms with van der Waals surface area (Å²) in [6, 6.07) is 2.84. The van der Waals surface area contributed by atoms with Gasteiger partial charge in [-0.15, -0.1) is 0 Å². The van der Waals surface area contributed by atoms with E-state index in [0.29, 0.717) is 13.1 Å². The number of furan rings is 1. The predicted molar refractivity (Wildman–Crippen MR) is 63.4 cm³/mol. The Morgan fingerprint density at radius 3 is 2.94 bits per heavy atom. The molecule has 1 fully saturated rings. The fourth-order valence-corrected chi connectivity index (χ4v) is 3.46. The molecule has 1 atom stereocenters. The molecule has 1 N–H and O–H groups in total. The summed E-state index contributed by atoms with van der Waals surface area (Å²) in [5.41, 5.74) is 0. The lowest BCUT2D eigenvalue weighted by atomic mass is 10.1. The highest BCUT2D eigenvalue weighted by Gasteiger charge is 2.32. The molecule has 1 aromatic rings. The summed E-state index contributed by atoms with van der Waals surface area (Å²) in [6.45, 7) is 0.502. The lowest BCUT2D eigenvalue weighted by Crippen LogP contribution is -2.42. The molecule has 0 aromatic carbocycles. The van der Waals surface area contributed by atoms with Crippen molar-refractivity contribution in [2.75, 3.05) is 20.2 Å². The largest absolute Gasteiger partial charge is 0.446 e. The van der Waals surface area contributed by atoms with E-state index in [4.69, 9.17) is 14.3 Å². The van der Waals surface area contributed by atoms with Gasteiger partial charge in [0.1, 0.15) is 12.4 Å². The molecule has 0 spiro atoms. The Balaban J connectivity index is 2.19. The van der Waals surface area contributed by atoms with Crippen molar-refractivity contribution >= 4 is 10.0 Å². The summed E-state index contributed by atoms with van der Waals surface area (Å²) >= 11 is 0. The van der Waals surface area contributed by atoms with E-state index in [1.165, 1.54) is 16.4 Å². The maximum Gasteiger partial charge on any atom is 0.276 e. The Bertz CT molecular complexity index is 495. The van der Waals surface area contributed by atoms with Crippen LogP contribution in [-0.4, -0.2) is 44.1 Å². The van der Waals surface area contributed by atoms with Crippen LogP contribution >= 0.6 is 0 Å². The SMILES string of the molecule is COC1CCCN(S(=O)(=O)c2ccc(CO)o2)C1. The Morgan fingerprint density at radius 1 is 1.56 bits per heavy atom. The third-order valence-electron chi connectivity index (χ3n) is 3.06. The minimum absolute atomic E-state index is 0.0687. The molecular formula is C11H17NO5S. The van der Waals surface area contributed by atoms with Crippen molar-refractivity contribution in [3.63, 3.8) is 0 Å². The fourth-order valence-electron chi connectivity index (χ4n) is 2.02. The van der Waals surface area contributed by atoms with E-state index in [0.717, 1.165) is 12.8 Å². The number of hydrogen-bond donors (Lipinski definition) is 1. The zero-order valence-corrected chi connectivity index (χ0v) is 11.0. The van der Waals surface area contributed by atoms with Crippen LogP contribution in [0, 0.1) is 0 Å². The number of nitrogens with zero attached hydrogens (tertiary/aromatic N) is 1. The fraction of sp³-hybridized carbons (Fsp3) is 0.636. The monoisotopic (exact) mass is 275 g/mol. The van der Waals surface area contributed by atoms with Gasteiger partial charge in [0.25, 0.3) is 10.0 Å². The van der Waals surface area contributed by atoms with Gasteiger partial charge in [-0.3, -0.25) is 0 Å². The summed E-state index contributed by atoms with van der Waals surface area (Å²) < 4.78 is 36.2. The van der Waals surface area contributed by atoms with Crippen LogP contribution in [0.4, 0.5) is 0 Å². The normalized spacial score (nSPS) is 22.2. The van der Waals surface area contributed by atoms with Gasteiger partial charge < -0.3 is 14.3 Å². The lowest BCUT2D eigenvalue weighted by Gasteiger charge is -2.30. The van der Waals surface area contributed by atoms with E-state index in [9.17, 15) is 8.42 Å². The van der Waals surface area contributed by atoms with Crippen molar-refractivity contribution in [2.24, 2.45) is 0 Å². The van der Waals surface area contributed by atoms with E-state index in [1.54, 1.807) is 7.11 Å². The third-order valence-corrected chi connectivity index (χ3v) is 4.80. The zero-order valence-electron chi connectivity index (χ0n) is 10.2. The summed E-state index contributed by atoms with van der Waals surface area (Å²) in [6.07, 6.45) is 1.56. The number of rotatable bonds is 4. The molecule has 18 heavy (non-hydrogen) atoms. The topological polar surface area (TPSA) is 80.0 Å². The van der Waals surface area contributed by atoms with Crippen LogP contribution < -0.4 is 0 Å². The molecule has 2 rings (SSSR count). The number of methoxy groups -OCH3 is 1. The van der Waals surface area contributed by atoms with Crippen molar-refractivity contribution in [3.8, 4) is 0 Å². The quantitative estimate of drug-likeness (QED) is 0.869. The summed E-state index contributed by atoms with van der Waals surface area (Å²) in [4.78, 5) is 0. The second-order valence-electron chi connectivity index (χ2n) is 4.24. The minimum atomic E-state index is -3.62. The average Bonchev–Trinajstić information content (AvgIpc) is 2.88. The molecule has 1 aromatic heterocycles. The molecule has 0 radical (unpaired) electrons. The van der Waals surface area contributed by atoms with Gasteiger partial charge in [-0.1, -0.05) is 0 Å². The molecule has 102 valence electrons. The Kier molecular flexibility index (Phi) is 4.06. The van der Waals surface area contributed by atoms with Crippen molar-refractivity contribution in [2.45, 2.75) is 30.6 Å². The maximum absolute atomic E-state index is 12.3. The van der Waals surface area contributed by atoms with E-state index in [-0.39, 0.29) is 23.6 Å². The molecule has 0 bridgehead atoms. The van der Waals surface area contributed by atoms with Gasteiger partial charge in [0.05, 0.1) is 6.10 Å². The molecule has 0 amide bonds. The standard InChI is InChI=1S/C11H17NO5S/c1-16-9-3-2-6-12(7-9)18(14,15)11-5-4-10(8-13)17-11/h4-5,9,13H,2-3,6-8H2,1H3. The number of aliphatic hydroxyl groups excluding tert-OH is 1. The van der Waals surface area contributed by atoms with Crippen molar-refractivity contribution in [1.29, 1.82) is 0 Å². The average molecular weight is 275 g/mol. The van der Waals surface area contributed by atoms with Crippen LogP contribution in [0.25, 0.3) is 0 Å². The van der Waals surface area contributed by atoms with Gasteiger partial charge in [-0.25, -0.2) is 8.42 Å². The molecule has 0 aliphatic carbocycles. The third kappa shape index (κ3) is 2.59. The second-order valence-corrected chi connectivity index (χ2v) is 6.11. The maximum atomic E-state index is 12.3. The van der Waals surface area contributed by atoms with Gasteiger partial charge >= 0.3 is 0 Å². The van der Waals surface area contributed by atoms with E-state index >= 15 is 0 Å². The molecule has 1 aliphatic rings. The van der Waals surface area contributed by atoms with Gasteiger partial charge in [0.2, 0.25) is 5.09 Å². The molecular weight excluding hydrogens is 258 g/mol. The molecule has 1 saturated heterocycles. The van der Waals surface area contributed by atoms with Crippen molar-refractivity contribution < 1.29 is 22.7 Å². The Hall–Kier alpha value is -0.890. The number of aliphatic hydroxyl groups is 1. The van der Waals surface area contributed by atoms with E-state index in [2.05, 4.69) is 0 Å². The van der Waals surface area contributed by atoms with Crippen LogP contribution in [0.1, 0.15) is 18.6 Å². The molecule has 7 heteroatoms. The number of sulfonamides is 1. The molecule has 0 saturated carbocycles. The highest BCUT2D eigenvalue weighted by molar-refractivity contribution is 7.89. The zero-order chi connectivity index (χ0) is 13.2. The molecule has 2 heterocycles. The number of piperidine rings is 1. The molecule has 6 nitrogen and oxygen atoms in total. The van der Waals surface area contributed by atoms with Gasteiger partial charge in [-0.2, -0.15) is 4.31 Å². The predicted octanol–water partition coefficient (Wildman–Crippen LogP) is 0.571. The number of hydrogen-bond acceptors (Lipinski definition) is 5. The van der Waals surface area contributed by atoms with Crippen molar-refractivity contribution in [3.05, 3.63) is 17.9 Å². The Morgan fingerprint density at radius 2 is 2.33 bits per heavy atom. The first-order chi connectivity index (χ1) is 8.57. The highest BCUT2D eigenvalue weighted by atomic mass is 32.2. The van der Waals surface area contributed by atoms with Crippen molar-refractivity contribution in [1.82, 2.24) is 4.31 Å². The van der Waals surface area contributed by atoms with Crippen LogP contribution in [-0.2, 0) is 21.4 Å². The Labute approximate surface area is 106 Å². The first kappa shape index (κ1) is 13.5. The first-order valence-corrected chi connectivity index (χ1v) is 7.24. The van der Waals surface area contributed by atoms with E-state index < -0.39 is 10.0 Å². The van der Waals surface area contributed by atoms with E-state index in [1.807, 2.05) is 0 Å². The smallest absolute Gasteiger partial charge is 0.276 e. The lowest BCUT2D eigenvalue weighted by molar-refractivity contribution is 0.0567. The van der Waals surface area contributed by atoms with Crippen LogP contribution in [0.2, 0.25) is 0 Å². The van der Waals surface area contributed by atoms with Crippen LogP contribution in [0.3, 0.4) is 0 Å². The van der Waals surface area contributed by atoms with Gasteiger partial charge in [0.15, 0.2) is 0 Å². The number of ether oxygens (including phenoxy) is 1. The molecule has 1 unspecified atom stereocenters. The minimum Gasteiger partial charge on any atom is -0.446 e. The van der Waals surface area contributed by atoms with Gasteiger partial charge in [-0.05, 0) is 25.0 Å². The molecule has 1 aliphatic heterocycles. The first-order valence-electron chi connectivity index (χ1n) is 5.80. The van der Waals surface area contributed by atoms with Gasteiger partial charge in [0, 0.05) is 20.2 Å².